The third kappa shape index (κ3) is 7.58. The number of amides is 2. The zero-order chi connectivity index (χ0) is 31.8. The number of aliphatic hydroxyl groups is 2. The van der Waals surface area contributed by atoms with E-state index in [1.54, 1.807) is 30.5 Å². The Bertz CT molecular complexity index is 1410. The number of pyridine rings is 1. The fourth-order valence-corrected chi connectivity index (χ4v) is 6.36. The minimum absolute atomic E-state index is 0.0222. The van der Waals surface area contributed by atoms with Crippen molar-refractivity contribution in [2.75, 3.05) is 26.9 Å². The van der Waals surface area contributed by atoms with E-state index < -0.39 is 48.0 Å². The normalized spacial score (nSPS) is 21.1. The first-order chi connectivity index (χ1) is 21.2. The number of aromatic nitrogens is 1. The van der Waals surface area contributed by atoms with Gasteiger partial charge >= 0.3 is 5.97 Å². The summed E-state index contributed by atoms with van der Waals surface area (Å²) in [6.07, 6.45) is 4.51. The Labute approximate surface area is 255 Å². The van der Waals surface area contributed by atoms with Crippen LogP contribution in [-0.4, -0.2) is 81.1 Å². The predicted molar refractivity (Wildman–Crippen MR) is 159 cm³/mol. The summed E-state index contributed by atoms with van der Waals surface area (Å²) in [5.41, 5.74) is 3.00. The van der Waals surface area contributed by atoms with Crippen molar-refractivity contribution in [1.82, 2.24) is 9.88 Å². The molecule has 236 valence electrons. The number of halogens is 1. The van der Waals surface area contributed by atoms with Gasteiger partial charge < -0.3 is 25.2 Å². The molecule has 1 saturated heterocycles. The first-order valence-corrected chi connectivity index (χ1v) is 14.8. The van der Waals surface area contributed by atoms with Crippen LogP contribution < -0.4 is 0 Å². The molecular weight excluding hydrogens is 571 g/mol. The number of hydrogen-bond donors (Lipinski definition) is 4. The van der Waals surface area contributed by atoms with E-state index in [4.69, 9.17) is 9.84 Å². The molecule has 44 heavy (non-hydrogen) atoms. The minimum Gasteiger partial charge on any atom is -0.505 e. The Morgan fingerprint density at radius 2 is 1.95 bits per heavy atom. The number of carboxylic acid groups (broad SMARTS) is 1. The lowest BCUT2D eigenvalue weighted by atomic mass is 9.68. The number of rotatable bonds is 15. The van der Waals surface area contributed by atoms with E-state index in [2.05, 4.69) is 4.98 Å². The number of unbranched alkanes of at least 4 members (excludes halogenated alkanes) is 2. The highest BCUT2D eigenvalue weighted by atomic mass is 19.1. The number of fused-ring (bicyclic) bond motifs is 1. The second-order valence-electron chi connectivity index (χ2n) is 11.3. The van der Waals surface area contributed by atoms with Gasteiger partial charge in [-0.05, 0) is 84.7 Å². The predicted octanol–water partition coefficient (Wildman–Crippen LogP) is 3.81. The van der Waals surface area contributed by atoms with Gasteiger partial charge in [0.1, 0.15) is 0 Å². The number of nitrogens with zero attached hydrogens (tertiary/aromatic N) is 2. The number of imide groups is 1. The summed E-state index contributed by atoms with van der Waals surface area (Å²) in [7, 11) is 1.50. The van der Waals surface area contributed by atoms with Crippen LogP contribution in [0.15, 0.2) is 53.7 Å². The largest absolute Gasteiger partial charge is 0.505 e. The van der Waals surface area contributed by atoms with Crippen LogP contribution in [0.3, 0.4) is 0 Å². The number of likely N-dealkylation sites (tertiary alicyclic amines) is 1. The Kier molecular flexibility index (Phi) is 11.4. The fourth-order valence-electron chi connectivity index (χ4n) is 6.36. The molecule has 4 N–H and O–H groups in total. The number of aromatic hydroxyl groups is 1. The van der Waals surface area contributed by atoms with Gasteiger partial charge in [0.2, 0.25) is 11.8 Å². The number of ether oxygens (including phenoxy) is 1. The molecular formula is C33H39FN2O8. The van der Waals surface area contributed by atoms with Crippen LogP contribution in [-0.2, 0) is 19.1 Å². The molecule has 11 heteroatoms. The number of allylic oxidation sites excluding steroid dienone is 1. The maximum atomic E-state index is 14.1. The Balaban J connectivity index is 1.56. The average Bonchev–Trinajstić information content (AvgIpc) is 3.24. The topological polar surface area (TPSA) is 157 Å². The third-order valence-corrected chi connectivity index (χ3v) is 8.42. The van der Waals surface area contributed by atoms with Crippen LogP contribution in [0.25, 0.3) is 11.6 Å². The van der Waals surface area contributed by atoms with Gasteiger partial charge in [-0.25, -0.2) is 4.39 Å². The number of aliphatic carboxylic acids is 1. The lowest BCUT2D eigenvalue weighted by Gasteiger charge is -2.36. The first kappa shape index (κ1) is 33.0. The van der Waals surface area contributed by atoms with E-state index >= 15 is 0 Å². The molecule has 0 saturated carbocycles. The number of aliphatic hydroxyl groups excluding tert-OH is 2. The molecule has 2 heterocycles. The third-order valence-electron chi connectivity index (χ3n) is 8.42. The van der Waals surface area contributed by atoms with Crippen LogP contribution in [0.1, 0.15) is 56.2 Å². The van der Waals surface area contributed by atoms with Gasteiger partial charge in [-0.3, -0.25) is 24.3 Å². The van der Waals surface area contributed by atoms with Crippen molar-refractivity contribution < 1.29 is 43.9 Å². The number of benzene rings is 1. The average molecular weight is 611 g/mol. The van der Waals surface area contributed by atoms with Crippen LogP contribution in [0, 0.1) is 23.6 Å². The molecule has 1 aromatic heterocycles. The van der Waals surface area contributed by atoms with E-state index in [0.29, 0.717) is 53.7 Å². The molecule has 4 atom stereocenters. The van der Waals surface area contributed by atoms with Crippen LogP contribution in [0.2, 0.25) is 0 Å². The summed E-state index contributed by atoms with van der Waals surface area (Å²) >= 11 is 0. The molecule has 0 unspecified atom stereocenters. The van der Waals surface area contributed by atoms with Gasteiger partial charge in [0, 0.05) is 32.2 Å². The molecule has 2 amide bonds. The smallest absolute Gasteiger partial charge is 0.303 e. The molecule has 4 rings (SSSR count). The van der Waals surface area contributed by atoms with Crippen molar-refractivity contribution in [3.63, 3.8) is 0 Å². The van der Waals surface area contributed by atoms with Crippen LogP contribution in [0.4, 0.5) is 4.39 Å². The molecule has 1 aromatic carbocycles. The van der Waals surface area contributed by atoms with Gasteiger partial charge in [0.15, 0.2) is 11.6 Å². The molecule has 0 bridgehead atoms. The van der Waals surface area contributed by atoms with Gasteiger partial charge in [0.25, 0.3) is 0 Å². The van der Waals surface area contributed by atoms with Gasteiger partial charge in [0.05, 0.1) is 36.8 Å². The summed E-state index contributed by atoms with van der Waals surface area (Å²) in [6.45, 7) is -0.142. The highest BCUT2D eigenvalue weighted by molar-refractivity contribution is 6.05. The zero-order valence-corrected chi connectivity index (χ0v) is 24.7. The molecule has 2 aromatic rings. The summed E-state index contributed by atoms with van der Waals surface area (Å²) in [5.74, 6) is -5.10. The maximum Gasteiger partial charge on any atom is 0.303 e. The number of phenols is 1. The van der Waals surface area contributed by atoms with Crippen molar-refractivity contribution in [2.24, 2.45) is 17.8 Å². The number of carbonyl (C=O) groups excluding carboxylic acids is 2. The zero-order valence-electron chi connectivity index (χ0n) is 24.7. The van der Waals surface area contributed by atoms with Crippen molar-refractivity contribution in [1.29, 1.82) is 0 Å². The van der Waals surface area contributed by atoms with E-state index in [0.717, 1.165) is 0 Å². The van der Waals surface area contributed by atoms with Crippen molar-refractivity contribution >= 4 is 29.4 Å². The molecule has 1 aliphatic carbocycles. The highest BCUT2D eigenvalue weighted by Crippen LogP contribution is 2.46. The van der Waals surface area contributed by atoms with Crippen molar-refractivity contribution in [3.8, 4) is 5.75 Å². The highest BCUT2D eigenvalue weighted by Gasteiger charge is 2.54. The standard InChI is InChI=1S/C33H39FN2O8/c1-44-19-22-17-23-31(33(43)36(32(23)42)14-6-2-3-8-29(40)41)24(18-37)30(22)28(39)12-10-21(26-7-4-5-13-35-26)15-20-9-11-27(38)25(34)16-20/h4-5,7,9,11,13,15-16,23-24,28,31,37-39H,2-3,6,8,10,12,14,17-19H2,1H3,(H,40,41)/b21-15-/t23-,24+,28-,31-/m1/s1. The van der Waals surface area contributed by atoms with Gasteiger partial charge in [-0.15, -0.1) is 0 Å². The SMILES string of the molecule is COCC1=C([C@H](O)CC/C(=C/c2ccc(O)c(F)c2)c2ccccn2)[C@H](CO)[C@@H]2C(=O)N(CCCCCC(=O)O)C(=O)[C@@H]2C1. The number of carboxylic acids is 1. The first-order valence-electron chi connectivity index (χ1n) is 14.8. The lowest BCUT2D eigenvalue weighted by Crippen LogP contribution is -2.39. The van der Waals surface area contributed by atoms with E-state index in [9.17, 15) is 34.1 Å². The Hall–Kier alpha value is -3.93. The Morgan fingerprint density at radius 3 is 2.61 bits per heavy atom. The van der Waals surface area contributed by atoms with Crippen molar-refractivity contribution in [2.45, 2.75) is 51.0 Å². The number of phenolic OH excluding ortho intramolecular Hbond substituents is 1. The monoisotopic (exact) mass is 610 g/mol. The molecule has 10 nitrogen and oxygen atoms in total. The molecule has 1 aliphatic heterocycles. The van der Waals surface area contributed by atoms with E-state index in [1.165, 1.54) is 24.1 Å². The molecule has 0 spiro atoms. The molecule has 0 radical (unpaired) electrons. The molecule has 1 fully saturated rings. The maximum absolute atomic E-state index is 14.1. The summed E-state index contributed by atoms with van der Waals surface area (Å²) in [4.78, 5) is 43.3. The second-order valence-corrected chi connectivity index (χ2v) is 11.3. The fraction of sp³-hybridized carbons (Fsp3) is 0.455. The second kappa shape index (κ2) is 15.2. The van der Waals surface area contributed by atoms with Gasteiger partial charge in [-0.1, -0.05) is 18.6 Å². The summed E-state index contributed by atoms with van der Waals surface area (Å²) < 4.78 is 19.5. The van der Waals surface area contributed by atoms with E-state index in [1.807, 2.05) is 6.07 Å². The molecule has 2 aliphatic rings. The van der Waals surface area contributed by atoms with Crippen LogP contribution >= 0.6 is 0 Å². The van der Waals surface area contributed by atoms with E-state index in [-0.39, 0.29) is 44.2 Å². The van der Waals surface area contributed by atoms with Crippen molar-refractivity contribution in [3.05, 3.63) is 70.8 Å². The number of carbonyl (C=O) groups is 3. The van der Waals surface area contributed by atoms with Gasteiger partial charge in [-0.2, -0.15) is 0 Å². The Morgan fingerprint density at radius 1 is 1.16 bits per heavy atom. The summed E-state index contributed by atoms with van der Waals surface area (Å²) in [5, 5.41) is 40.5. The minimum atomic E-state index is -1.07. The quantitative estimate of drug-likeness (QED) is 0.134. The lowest BCUT2D eigenvalue weighted by molar-refractivity contribution is -0.141. The number of hydrogen-bond acceptors (Lipinski definition) is 8. The number of methoxy groups -OCH3 is 1. The van der Waals surface area contributed by atoms with Crippen LogP contribution in [0.5, 0.6) is 5.75 Å². The summed E-state index contributed by atoms with van der Waals surface area (Å²) in [6, 6.07) is 9.41.